The Hall–Kier alpha value is -6.14. The molecule has 3 aliphatic rings. The number of rotatable bonds is 44. The van der Waals surface area contributed by atoms with Crippen molar-refractivity contribution in [2.75, 3.05) is 13.2 Å². The van der Waals surface area contributed by atoms with E-state index in [4.69, 9.17) is 56.8 Å². The van der Waals surface area contributed by atoms with E-state index in [-0.39, 0.29) is 52.9 Å². The van der Waals surface area contributed by atoms with Gasteiger partial charge in [0, 0.05) is 0 Å². The number of ether oxygens (including phenoxy) is 12. The number of fused-ring (bicyclic) bond motifs is 4. The van der Waals surface area contributed by atoms with Gasteiger partial charge in [-0.05, 0) is 71.9 Å². The lowest BCUT2D eigenvalue weighted by atomic mass is 9.95. The number of esters is 2. The molecule has 3 heterocycles. The summed E-state index contributed by atoms with van der Waals surface area (Å²) in [5, 5.41) is 0. The molecule has 0 unspecified atom stereocenters. The highest BCUT2D eigenvalue weighted by atomic mass is 16.7. The fraction of sp³-hybridized carbons (Fsp3) is 0.587. The summed E-state index contributed by atoms with van der Waals surface area (Å²) in [6.45, 7) is 13.7. The third kappa shape index (κ3) is 29.7. The van der Waals surface area contributed by atoms with Crippen LogP contribution in [0.15, 0.2) is 182 Å². The van der Waals surface area contributed by atoms with Crippen molar-refractivity contribution in [1.82, 2.24) is 0 Å². The molecule has 0 amide bonds. The summed E-state index contributed by atoms with van der Waals surface area (Å²) in [6.07, 6.45) is 15.6. The normalized spacial score (nSPS) is 24.7. The van der Waals surface area contributed by atoms with Crippen LogP contribution in [0.1, 0.15) is 229 Å². The Labute approximate surface area is 636 Å². The van der Waals surface area contributed by atoms with E-state index >= 15 is 9.59 Å². The molecule has 0 N–H and O–H groups in total. The number of carbonyl (C=O) groups excluding carboxylic acids is 2. The first-order valence-corrected chi connectivity index (χ1v) is 40.8. The van der Waals surface area contributed by atoms with Crippen molar-refractivity contribution >= 4 is 11.9 Å². The lowest BCUT2D eigenvalue weighted by Gasteiger charge is -2.47. The van der Waals surface area contributed by atoms with Crippen molar-refractivity contribution < 1.29 is 66.4 Å². The van der Waals surface area contributed by atoms with Crippen LogP contribution in [0.2, 0.25) is 0 Å². The van der Waals surface area contributed by atoms with Crippen molar-refractivity contribution in [3.63, 3.8) is 0 Å². The number of cyclic esters (lactones) is 2. The topological polar surface area (TPSA) is 145 Å². The van der Waals surface area contributed by atoms with Crippen LogP contribution in [0, 0.1) is 23.7 Å². The van der Waals surface area contributed by atoms with E-state index < -0.39 is 97.4 Å². The predicted octanol–water partition coefficient (Wildman–Crippen LogP) is 20.8. The van der Waals surface area contributed by atoms with Crippen molar-refractivity contribution in [1.29, 1.82) is 0 Å². The number of benzene rings is 6. The van der Waals surface area contributed by atoms with Crippen LogP contribution in [0.3, 0.4) is 0 Å². The maximum atomic E-state index is 15.6. The smallest absolute Gasteiger partial charge is 0.311 e. The minimum atomic E-state index is -1.15. The lowest BCUT2D eigenvalue weighted by Crippen LogP contribution is -2.63. The molecule has 0 spiro atoms. The molecule has 6 aromatic rings. The van der Waals surface area contributed by atoms with Crippen LogP contribution in [-0.4, -0.2) is 98.8 Å². The van der Waals surface area contributed by atoms with Gasteiger partial charge in [0.25, 0.3) is 0 Å². The van der Waals surface area contributed by atoms with Crippen LogP contribution in [0.4, 0.5) is 0 Å². The van der Waals surface area contributed by atoms with Gasteiger partial charge in [-0.3, -0.25) is 9.59 Å². The number of hydrogen-bond acceptors (Lipinski definition) is 14. The first-order valence-electron chi connectivity index (χ1n) is 40.8. The van der Waals surface area contributed by atoms with Gasteiger partial charge in [0.2, 0.25) is 0 Å². The minimum absolute atomic E-state index is 0.187. The van der Waals surface area contributed by atoms with Crippen molar-refractivity contribution in [2.45, 2.75) is 309 Å². The molecule has 0 radical (unpaired) electrons. The molecule has 0 saturated carbocycles. The zero-order chi connectivity index (χ0) is 74.2. The van der Waals surface area contributed by atoms with E-state index in [0.717, 1.165) is 96.6 Å². The minimum Gasteiger partial charge on any atom is -0.463 e. The zero-order valence-electron chi connectivity index (χ0n) is 64.9. The van der Waals surface area contributed by atoms with Crippen LogP contribution in [-0.2, 0) is 106 Å². The highest BCUT2D eigenvalue weighted by molar-refractivity contribution is 5.73. The molecular weight excluding hydrogens is 1330 g/mol. The first kappa shape index (κ1) is 83.9. The second-order valence-electron chi connectivity index (χ2n) is 30.9. The Balaban J connectivity index is 1.08. The largest absolute Gasteiger partial charge is 0.463 e. The summed E-state index contributed by atoms with van der Waals surface area (Å²) in [5.74, 6) is -1.14. The van der Waals surface area contributed by atoms with Crippen molar-refractivity contribution in [3.8, 4) is 0 Å². The van der Waals surface area contributed by atoms with Gasteiger partial charge in [0.1, 0.15) is 62.0 Å². The Morgan fingerprint density at radius 1 is 0.292 bits per heavy atom. The van der Waals surface area contributed by atoms with E-state index in [1.165, 1.54) is 89.9 Å². The highest BCUT2D eigenvalue weighted by Crippen LogP contribution is 2.38. The predicted molar refractivity (Wildman–Crippen MR) is 418 cm³/mol. The number of carbonyl (C=O) groups is 2. The molecule has 106 heavy (non-hydrogen) atoms. The Morgan fingerprint density at radius 2 is 0.519 bits per heavy atom. The van der Waals surface area contributed by atoms with E-state index in [1.54, 1.807) is 0 Å². The molecule has 14 atom stereocenters. The van der Waals surface area contributed by atoms with E-state index in [9.17, 15) is 0 Å². The van der Waals surface area contributed by atoms with Gasteiger partial charge in [-0.2, -0.15) is 0 Å². The second-order valence-corrected chi connectivity index (χ2v) is 30.9. The summed E-state index contributed by atoms with van der Waals surface area (Å²) in [7, 11) is 0. The zero-order valence-corrected chi connectivity index (χ0v) is 64.9. The van der Waals surface area contributed by atoms with Gasteiger partial charge in [-0.1, -0.05) is 351 Å². The molecule has 14 nitrogen and oxygen atoms in total. The molecule has 4 bridgehead atoms. The Morgan fingerprint density at radius 3 is 0.774 bits per heavy atom. The van der Waals surface area contributed by atoms with Gasteiger partial charge in [-0.25, -0.2) is 0 Å². The summed E-state index contributed by atoms with van der Waals surface area (Å²) in [4.78, 5) is 31.1. The van der Waals surface area contributed by atoms with E-state index in [0.29, 0.717) is 12.8 Å². The summed E-state index contributed by atoms with van der Waals surface area (Å²) >= 11 is 0. The molecule has 580 valence electrons. The maximum Gasteiger partial charge on any atom is 0.311 e. The first-order chi connectivity index (χ1) is 51.9. The van der Waals surface area contributed by atoms with Crippen molar-refractivity contribution in [3.05, 3.63) is 215 Å². The Kier molecular flexibility index (Phi) is 38.3. The van der Waals surface area contributed by atoms with E-state index in [2.05, 4.69) is 27.7 Å². The van der Waals surface area contributed by atoms with Gasteiger partial charge in [-0.15, -0.1) is 0 Å². The fourth-order valence-electron chi connectivity index (χ4n) is 14.7. The third-order valence-corrected chi connectivity index (χ3v) is 21.2. The molecule has 6 aromatic carbocycles. The number of unbranched alkanes of at least 4 members (excludes halogenated alkanes) is 18. The van der Waals surface area contributed by atoms with Gasteiger partial charge < -0.3 is 56.8 Å². The quantitative estimate of drug-likeness (QED) is 0.0264. The summed E-state index contributed by atoms with van der Waals surface area (Å²) in [6, 6.07) is 60.1. The molecular formula is C92H128O14. The molecule has 14 heteroatoms. The molecule has 3 fully saturated rings. The fourth-order valence-corrected chi connectivity index (χ4v) is 14.7. The summed E-state index contributed by atoms with van der Waals surface area (Å²) < 4.78 is 85.7. The van der Waals surface area contributed by atoms with Gasteiger partial charge in [0.15, 0.2) is 12.6 Å². The monoisotopic (exact) mass is 1460 g/mol. The molecule has 3 aliphatic heterocycles. The maximum absolute atomic E-state index is 15.6. The molecule has 0 aromatic heterocycles. The molecule has 0 aliphatic carbocycles. The van der Waals surface area contributed by atoms with Crippen LogP contribution in [0.5, 0.6) is 0 Å². The second kappa shape index (κ2) is 48.4. The Bertz CT molecular complexity index is 3020. The third-order valence-electron chi connectivity index (χ3n) is 21.2. The van der Waals surface area contributed by atoms with Crippen LogP contribution < -0.4 is 0 Å². The standard InChI is InChI=1S/C92H128O14/c1-69(2)45-29-19-15-11-7-9-13-17-21-43-59-79-71(5)89(93)101-67-82-84(96-62-74-49-33-24-34-50-74)86(98-64-76-53-37-26-38-54-76)88(100-66-78-57-41-28-42-58-78)92(106-82)104-80(60-44-22-18-14-10-8-12-16-20-30-46-70(3)4)72(6)90(94)102-68-81-83(95-61-73-47-31-23-32-48-73)85(97-63-75-51-35-25-36-52-75)87(91(103-79)105-81)99-65-77-55-39-27-40-56-77/h23-28,31-42,47-58,69-72,79-88,91-92H,7-22,29-30,43-46,59-68H2,1-6H3/t71-,72-,79+,80+,81+,82+,83+,84+,85-,86-,87+,88+,91+,92+/m0/s1. The van der Waals surface area contributed by atoms with Crippen LogP contribution >= 0.6 is 0 Å². The number of hydrogen-bond donors (Lipinski definition) is 0. The average molecular weight is 1460 g/mol. The van der Waals surface area contributed by atoms with Gasteiger partial charge >= 0.3 is 11.9 Å². The van der Waals surface area contributed by atoms with E-state index in [1.807, 2.05) is 196 Å². The average Bonchev–Trinajstić information content (AvgIpc) is 0.786. The van der Waals surface area contributed by atoms with Gasteiger partial charge in [0.05, 0.1) is 63.7 Å². The lowest BCUT2D eigenvalue weighted by molar-refractivity contribution is -0.341. The summed E-state index contributed by atoms with van der Waals surface area (Å²) in [5.41, 5.74) is 5.64. The SMILES string of the molecule is CC(C)CCCCCCCCCCCC[C@H]1O[C@@H]2O[C@H](COC(=O)[C@@H](C)[C@@H](CCCCCCCCCCCCC(C)C)O[C@@H]3O[C@H](COC(=O)[C@H]1C)[C@@H](OCc1ccccc1)[C@H](OCc1ccccc1)[C@H]3OCc1ccccc1)[C@@H](OCc1ccccc1)[C@H](OCc1ccccc1)[C@H]2OCc1ccccc1. The molecule has 9 rings (SSSR count). The molecule has 3 saturated heterocycles. The van der Waals surface area contributed by atoms with Crippen LogP contribution in [0.25, 0.3) is 0 Å². The van der Waals surface area contributed by atoms with Crippen molar-refractivity contribution in [2.24, 2.45) is 23.7 Å². The highest BCUT2D eigenvalue weighted by Gasteiger charge is 2.53.